The lowest BCUT2D eigenvalue weighted by molar-refractivity contribution is -0.147. The number of aliphatic imine (C=N–C) groups is 1. The topological polar surface area (TPSA) is 66.6 Å². The Morgan fingerprint density at radius 1 is 1.36 bits per heavy atom. The van der Waals surface area contributed by atoms with E-state index in [0.717, 1.165) is 17.8 Å². The van der Waals surface area contributed by atoms with Gasteiger partial charge in [0, 0.05) is 19.8 Å². The monoisotopic (exact) mass is 333 g/mol. The molecule has 9 heteroatoms. The van der Waals surface area contributed by atoms with Crippen molar-refractivity contribution in [1.29, 1.82) is 5.26 Å². The van der Waals surface area contributed by atoms with Gasteiger partial charge in [-0.05, 0) is 18.4 Å². The van der Waals surface area contributed by atoms with E-state index >= 15 is 0 Å². The summed E-state index contributed by atoms with van der Waals surface area (Å²) in [6.45, 7) is 0. The minimum atomic E-state index is -4.58. The maximum atomic E-state index is 13.2. The summed E-state index contributed by atoms with van der Waals surface area (Å²) in [5, 5.41) is 11.0. The predicted molar refractivity (Wildman–Crippen MR) is 77.6 cm³/mol. The molecule has 0 aliphatic heterocycles. The van der Waals surface area contributed by atoms with Crippen molar-refractivity contribution in [3.05, 3.63) is 29.3 Å². The summed E-state index contributed by atoms with van der Waals surface area (Å²) in [5.41, 5.74) is -0.982. The van der Waals surface area contributed by atoms with Gasteiger partial charge < -0.3 is 9.47 Å². The first-order chi connectivity index (χ1) is 10.4. The van der Waals surface area contributed by atoms with Crippen LogP contribution in [-0.4, -0.2) is 25.6 Å². The number of methoxy groups -OCH3 is 2. The Labute approximate surface area is 130 Å². The van der Waals surface area contributed by atoms with Gasteiger partial charge in [0.15, 0.2) is 17.7 Å². The Kier molecular flexibility index (Phi) is 6.67. The van der Waals surface area contributed by atoms with Crippen molar-refractivity contribution in [3.63, 3.8) is 0 Å². The third-order valence-corrected chi connectivity index (χ3v) is 3.19. The molecule has 0 saturated heterocycles. The van der Waals surface area contributed by atoms with E-state index in [0.29, 0.717) is 0 Å². The molecule has 0 radical (unpaired) electrons. The largest absolute Gasteiger partial charge is 0.416 e. The lowest BCUT2D eigenvalue weighted by Gasteiger charge is -2.19. The first-order valence-electron chi connectivity index (χ1n) is 5.91. The van der Waals surface area contributed by atoms with Gasteiger partial charge in [-0.15, -0.1) is 0 Å². The molecule has 1 aromatic rings. The van der Waals surface area contributed by atoms with Crippen LogP contribution in [0.15, 0.2) is 23.2 Å². The second kappa shape index (κ2) is 8.03. The highest BCUT2D eigenvalue weighted by molar-refractivity contribution is 8.13. The van der Waals surface area contributed by atoms with Crippen LogP contribution in [0.25, 0.3) is 0 Å². The van der Waals surface area contributed by atoms with Crippen LogP contribution in [0.3, 0.4) is 0 Å². The number of benzene rings is 1. The highest BCUT2D eigenvalue weighted by Gasteiger charge is 2.36. The smallest absolute Gasteiger partial charge is 0.352 e. The first-order valence-corrected chi connectivity index (χ1v) is 7.14. The number of thioether (sulfide) groups is 1. The Bertz CT molecular complexity index is 581. The molecule has 1 aromatic carbocycles. The normalized spacial score (nSPS) is 12.4. The summed E-state index contributed by atoms with van der Waals surface area (Å²) < 4.78 is 49.4. The molecule has 120 valence electrons. The zero-order valence-electron chi connectivity index (χ0n) is 12.1. The van der Waals surface area contributed by atoms with Crippen LogP contribution in [0.1, 0.15) is 17.4 Å². The SMILES string of the molecule is COC(OC)c1ccc(N=C(NC#N)SC)cc1C(F)(F)F. The van der Waals surface area contributed by atoms with Gasteiger partial charge in [-0.1, -0.05) is 17.8 Å². The number of amidine groups is 1. The fourth-order valence-corrected chi connectivity index (χ4v) is 2.05. The van der Waals surface area contributed by atoms with Crippen molar-refractivity contribution < 1.29 is 22.6 Å². The summed E-state index contributed by atoms with van der Waals surface area (Å²) in [6.07, 6.45) is -2.40. The number of nitrogens with one attached hydrogen (secondary N) is 1. The maximum Gasteiger partial charge on any atom is 0.416 e. The van der Waals surface area contributed by atoms with Crippen molar-refractivity contribution in [2.24, 2.45) is 4.99 Å². The van der Waals surface area contributed by atoms with E-state index in [1.54, 1.807) is 12.4 Å². The molecule has 0 spiro atoms. The zero-order valence-corrected chi connectivity index (χ0v) is 12.9. The Balaban J connectivity index is 3.35. The fraction of sp³-hybridized carbons (Fsp3) is 0.385. The fourth-order valence-electron chi connectivity index (χ4n) is 1.70. The average Bonchev–Trinajstić information content (AvgIpc) is 2.48. The second-order valence-corrected chi connectivity index (χ2v) is 4.73. The van der Waals surface area contributed by atoms with Gasteiger partial charge in [0.25, 0.3) is 0 Å². The summed E-state index contributed by atoms with van der Waals surface area (Å²) in [5.74, 6) is 0. The Morgan fingerprint density at radius 3 is 2.45 bits per heavy atom. The number of ether oxygens (including phenoxy) is 2. The van der Waals surface area contributed by atoms with Crippen molar-refractivity contribution in [2.75, 3.05) is 20.5 Å². The van der Waals surface area contributed by atoms with Gasteiger partial charge in [0.1, 0.15) is 0 Å². The van der Waals surface area contributed by atoms with Crippen LogP contribution in [0.4, 0.5) is 18.9 Å². The molecule has 0 aromatic heterocycles. The van der Waals surface area contributed by atoms with E-state index in [-0.39, 0.29) is 16.4 Å². The average molecular weight is 333 g/mol. The molecule has 0 aliphatic carbocycles. The van der Waals surface area contributed by atoms with Crippen molar-refractivity contribution >= 4 is 22.6 Å². The van der Waals surface area contributed by atoms with Crippen molar-refractivity contribution in [1.82, 2.24) is 5.32 Å². The van der Waals surface area contributed by atoms with E-state index in [4.69, 9.17) is 14.7 Å². The molecule has 0 atom stereocenters. The lowest BCUT2D eigenvalue weighted by Crippen LogP contribution is -2.15. The first kappa shape index (κ1) is 18.3. The third kappa shape index (κ3) is 4.62. The van der Waals surface area contributed by atoms with Crippen molar-refractivity contribution in [2.45, 2.75) is 12.5 Å². The van der Waals surface area contributed by atoms with E-state index in [1.807, 2.05) is 0 Å². The molecule has 5 nitrogen and oxygen atoms in total. The van der Waals surface area contributed by atoms with Gasteiger partial charge in [-0.3, -0.25) is 5.32 Å². The molecule has 0 unspecified atom stereocenters. The van der Waals surface area contributed by atoms with Crippen LogP contribution < -0.4 is 5.32 Å². The molecular formula is C13H14F3N3O2S. The third-order valence-electron chi connectivity index (χ3n) is 2.61. The number of hydrogen-bond acceptors (Lipinski definition) is 5. The summed E-state index contributed by atoms with van der Waals surface area (Å²) in [7, 11) is 2.51. The van der Waals surface area contributed by atoms with Gasteiger partial charge in [0.05, 0.1) is 11.3 Å². The van der Waals surface area contributed by atoms with E-state index < -0.39 is 18.0 Å². The summed E-state index contributed by atoms with van der Waals surface area (Å²) in [4.78, 5) is 3.96. The van der Waals surface area contributed by atoms with Crippen LogP contribution in [0.2, 0.25) is 0 Å². The molecular weight excluding hydrogens is 319 g/mol. The molecule has 0 aliphatic rings. The highest BCUT2D eigenvalue weighted by atomic mass is 32.2. The number of alkyl halides is 3. The molecule has 0 saturated carbocycles. The molecule has 22 heavy (non-hydrogen) atoms. The second-order valence-electron chi connectivity index (χ2n) is 3.93. The minimum Gasteiger partial charge on any atom is -0.352 e. The van der Waals surface area contributed by atoms with Gasteiger partial charge >= 0.3 is 6.18 Å². The lowest BCUT2D eigenvalue weighted by atomic mass is 10.1. The summed E-state index contributed by atoms with van der Waals surface area (Å²) in [6, 6.07) is 3.52. The Hall–Kier alpha value is -1.76. The number of nitriles is 1. The molecule has 0 bridgehead atoms. The van der Waals surface area contributed by atoms with E-state index in [1.165, 1.54) is 26.4 Å². The predicted octanol–water partition coefficient (Wildman–Crippen LogP) is 3.42. The van der Waals surface area contributed by atoms with E-state index in [9.17, 15) is 13.2 Å². The number of nitrogens with zero attached hydrogens (tertiary/aromatic N) is 2. The Morgan fingerprint density at radius 2 is 2.00 bits per heavy atom. The summed E-state index contributed by atoms with van der Waals surface area (Å²) >= 11 is 1.11. The minimum absolute atomic E-state index is 0.0640. The van der Waals surface area contributed by atoms with Crippen LogP contribution >= 0.6 is 11.8 Å². The number of halogens is 3. The van der Waals surface area contributed by atoms with Crippen LogP contribution in [-0.2, 0) is 15.7 Å². The molecule has 0 amide bonds. The highest BCUT2D eigenvalue weighted by Crippen LogP contribution is 2.38. The van der Waals surface area contributed by atoms with Crippen LogP contribution in [0.5, 0.6) is 0 Å². The quantitative estimate of drug-likeness (QED) is 0.301. The molecule has 0 fully saturated rings. The van der Waals surface area contributed by atoms with Gasteiger partial charge in [0.2, 0.25) is 0 Å². The van der Waals surface area contributed by atoms with Crippen LogP contribution in [0, 0.1) is 11.5 Å². The standard InChI is InChI=1S/C13H14F3N3O2S/c1-20-11(21-2)9-5-4-8(6-10(9)13(14,15)16)19-12(22-3)18-7-17/h4-6,11H,1-3H3,(H,18,19). The zero-order chi connectivity index (χ0) is 16.8. The number of hydrogen-bond donors (Lipinski definition) is 1. The molecule has 1 N–H and O–H groups in total. The van der Waals surface area contributed by atoms with Crippen molar-refractivity contribution in [3.8, 4) is 6.19 Å². The molecule has 1 rings (SSSR count). The van der Waals surface area contributed by atoms with Gasteiger partial charge in [-0.2, -0.15) is 18.4 Å². The maximum absolute atomic E-state index is 13.2. The number of rotatable bonds is 4. The van der Waals surface area contributed by atoms with E-state index in [2.05, 4.69) is 10.3 Å². The van der Waals surface area contributed by atoms with Gasteiger partial charge in [-0.25, -0.2) is 4.99 Å². The molecule has 0 heterocycles.